The predicted octanol–water partition coefficient (Wildman–Crippen LogP) is 2.23. The summed E-state index contributed by atoms with van der Waals surface area (Å²) in [5, 5.41) is 24.9. The van der Waals surface area contributed by atoms with E-state index in [0.29, 0.717) is 25.8 Å². The number of urea groups is 1. The summed E-state index contributed by atoms with van der Waals surface area (Å²) in [5.41, 5.74) is 0. The first-order valence-electron chi connectivity index (χ1n) is 10.1. The number of carbonyl (C=O) groups is 3. The molecule has 0 aromatic heterocycles. The first-order chi connectivity index (χ1) is 13.3. The van der Waals surface area contributed by atoms with Crippen molar-refractivity contribution in [1.29, 1.82) is 0 Å². The zero-order valence-electron chi connectivity index (χ0n) is 16.9. The Hall–Kier alpha value is -1.99. The van der Waals surface area contributed by atoms with Crippen molar-refractivity contribution >= 4 is 17.7 Å². The molecule has 158 valence electrons. The number of ketones is 1. The van der Waals surface area contributed by atoms with Gasteiger partial charge in [0.1, 0.15) is 5.78 Å². The van der Waals surface area contributed by atoms with Crippen LogP contribution in [0.5, 0.6) is 0 Å². The highest BCUT2D eigenvalue weighted by Crippen LogP contribution is 2.33. The smallest absolute Gasteiger partial charge is 0.321 e. The monoisotopic (exact) mass is 394 g/mol. The van der Waals surface area contributed by atoms with Crippen molar-refractivity contribution in [2.45, 2.75) is 71.0 Å². The van der Waals surface area contributed by atoms with Gasteiger partial charge in [0.05, 0.1) is 12.2 Å². The normalized spacial score (nSPS) is 23.4. The fraction of sp³-hybridized carbons (Fsp3) is 0.667. The largest absolute Gasteiger partial charge is 0.392 e. The van der Waals surface area contributed by atoms with E-state index in [2.05, 4.69) is 17.6 Å². The number of aliphatic hydroxyl groups excluding tert-OH is 2. The number of nitrogens with one attached hydrogen (secondary N) is 2. The van der Waals surface area contributed by atoms with E-state index in [1.54, 1.807) is 12.2 Å². The molecular formula is C21H34N2O5. The average molecular weight is 395 g/mol. The van der Waals surface area contributed by atoms with Crippen LogP contribution in [0.1, 0.15) is 58.8 Å². The third-order valence-corrected chi connectivity index (χ3v) is 4.83. The van der Waals surface area contributed by atoms with Gasteiger partial charge in [-0.05, 0) is 19.3 Å². The van der Waals surface area contributed by atoms with Crippen LogP contribution in [0.2, 0.25) is 0 Å². The van der Waals surface area contributed by atoms with E-state index < -0.39 is 24.1 Å². The number of imide groups is 1. The van der Waals surface area contributed by atoms with Crippen molar-refractivity contribution in [2.24, 2.45) is 11.8 Å². The summed E-state index contributed by atoms with van der Waals surface area (Å²) in [7, 11) is 0. The number of Topliss-reactive ketones (excluding diaryl/α,β-unsaturated/α-hetero) is 1. The van der Waals surface area contributed by atoms with Crippen molar-refractivity contribution in [3.05, 3.63) is 24.3 Å². The van der Waals surface area contributed by atoms with Crippen molar-refractivity contribution in [3.8, 4) is 0 Å². The van der Waals surface area contributed by atoms with Gasteiger partial charge in [-0.25, -0.2) is 4.79 Å². The van der Waals surface area contributed by atoms with Crippen LogP contribution < -0.4 is 10.6 Å². The maximum Gasteiger partial charge on any atom is 0.321 e. The van der Waals surface area contributed by atoms with Crippen LogP contribution in [0.15, 0.2) is 24.3 Å². The van der Waals surface area contributed by atoms with Crippen LogP contribution in [0.25, 0.3) is 0 Å². The molecule has 0 unspecified atom stereocenters. The number of hydrogen-bond acceptors (Lipinski definition) is 5. The zero-order chi connectivity index (χ0) is 20.9. The summed E-state index contributed by atoms with van der Waals surface area (Å²) in [4.78, 5) is 34.2. The Balaban J connectivity index is 2.43. The molecule has 3 amide bonds. The highest BCUT2D eigenvalue weighted by Gasteiger charge is 2.39. The average Bonchev–Trinajstić information content (AvgIpc) is 2.88. The number of amides is 3. The Labute approximate surface area is 167 Å². The molecule has 28 heavy (non-hydrogen) atoms. The second kappa shape index (κ2) is 13.2. The van der Waals surface area contributed by atoms with Crippen LogP contribution in [-0.2, 0) is 9.59 Å². The van der Waals surface area contributed by atoms with Crippen LogP contribution in [0.4, 0.5) is 4.79 Å². The van der Waals surface area contributed by atoms with Gasteiger partial charge in [0, 0.05) is 31.7 Å². The molecule has 1 rings (SSSR count). The Morgan fingerprint density at radius 1 is 1.29 bits per heavy atom. The Morgan fingerprint density at radius 2 is 2.04 bits per heavy atom. The predicted molar refractivity (Wildman–Crippen MR) is 107 cm³/mol. The quantitative estimate of drug-likeness (QED) is 0.317. The maximum absolute atomic E-state index is 12.2. The molecule has 0 aromatic carbocycles. The van der Waals surface area contributed by atoms with Gasteiger partial charge in [0.25, 0.3) is 0 Å². The number of aliphatic hydroxyl groups is 2. The first-order valence-corrected chi connectivity index (χ1v) is 10.1. The van der Waals surface area contributed by atoms with Crippen molar-refractivity contribution in [1.82, 2.24) is 10.6 Å². The minimum absolute atomic E-state index is 0.0335. The van der Waals surface area contributed by atoms with Gasteiger partial charge >= 0.3 is 6.03 Å². The van der Waals surface area contributed by atoms with Crippen LogP contribution in [-0.4, -0.2) is 46.7 Å². The highest BCUT2D eigenvalue weighted by atomic mass is 16.3. The molecule has 0 radical (unpaired) electrons. The number of carbonyl (C=O) groups excluding carboxylic acids is 3. The topological polar surface area (TPSA) is 116 Å². The van der Waals surface area contributed by atoms with Gasteiger partial charge in [-0.1, -0.05) is 50.5 Å². The second-order valence-electron chi connectivity index (χ2n) is 7.30. The molecule has 1 aliphatic carbocycles. The van der Waals surface area contributed by atoms with E-state index in [0.717, 1.165) is 19.3 Å². The Kier molecular flexibility index (Phi) is 11.4. The van der Waals surface area contributed by atoms with Crippen LogP contribution >= 0.6 is 0 Å². The molecule has 1 saturated carbocycles. The van der Waals surface area contributed by atoms with Crippen LogP contribution in [0.3, 0.4) is 0 Å². The van der Waals surface area contributed by atoms with Crippen LogP contribution in [0, 0.1) is 11.8 Å². The highest BCUT2D eigenvalue weighted by molar-refractivity contribution is 5.92. The number of hydrogen-bond donors (Lipinski definition) is 4. The zero-order valence-corrected chi connectivity index (χ0v) is 16.9. The second-order valence-corrected chi connectivity index (χ2v) is 7.30. The number of rotatable bonds is 11. The molecule has 0 bridgehead atoms. The molecule has 0 saturated heterocycles. The van der Waals surface area contributed by atoms with E-state index in [-0.39, 0.29) is 24.0 Å². The van der Waals surface area contributed by atoms with Crippen molar-refractivity contribution in [3.63, 3.8) is 0 Å². The molecule has 7 nitrogen and oxygen atoms in total. The van der Waals surface area contributed by atoms with E-state index >= 15 is 0 Å². The van der Waals surface area contributed by atoms with Crippen molar-refractivity contribution < 1.29 is 24.6 Å². The molecule has 7 heteroatoms. The number of allylic oxidation sites excluding steroid dienone is 1. The fourth-order valence-electron chi connectivity index (χ4n) is 3.32. The Morgan fingerprint density at radius 3 is 2.71 bits per heavy atom. The van der Waals surface area contributed by atoms with Crippen molar-refractivity contribution in [2.75, 3.05) is 6.54 Å². The lowest BCUT2D eigenvalue weighted by Gasteiger charge is -2.16. The summed E-state index contributed by atoms with van der Waals surface area (Å²) in [5.74, 6) is -0.955. The minimum atomic E-state index is -0.707. The van der Waals surface area contributed by atoms with Gasteiger partial charge in [-0.3, -0.25) is 14.9 Å². The molecule has 4 N–H and O–H groups in total. The molecule has 0 aromatic rings. The summed E-state index contributed by atoms with van der Waals surface area (Å²) in [6.07, 6.45) is 11.0. The number of unbranched alkanes of at least 4 members (excludes halogenated alkanes) is 2. The van der Waals surface area contributed by atoms with Gasteiger partial charge in [-0.2, -0.15) is 0 Å². The van der Waals surface area contributed by atoms with E-state index in [4.69, 9.17) is 0 Å². The molecule has 0 aliphatic heterocycles. The third-order valence-electron chi connectivity index (χ3n) is 4.83. The summed E-state index contributed by atoms with van der Waals surface area (Å²) < 4.78 is 0. The molecule has 0 spiro atoms. The lowest BCUT2D eigenvalue weighted by atomic mass is 9.90. The Bertz CT molecular complexity index is 573. The van der Waals surface area contributed by atoms with Gasteiger partial charge in [0.2, 0.25) is 5.91 Å². The van der Waals surface area contributed by atoms with E-state index in [1.807, 2.05) is 12.2 Å². The summed E-state index contributed by atoms with van der Waals surface area (Å²) in [6.45, 7) is 3.75. The SMILES string of the molecule is CCCCC[C@H](O)/C=C/[C@H]1[C@H](O)CC(=O)[C@@H]1C/C=C\CCNC(=O)NC(C)=O. The molecular weight excluding hydrogens is 360 g/mol. The minimum Gasteiger partial charge on any atom is -0.392 e. The summed E-state index contributed by atoms with van der Waals surface area (Å²) in [6, 6.07) is -0.530. The van der Waals surface area contributed by atoms with E-state index in [1.165, 1.54) is 6.92 Å². The first kappa shape index (κ1) is 24.0. The molecule has 4 atom stereocenters. The fourth-order valence-corrected chi connectivity index (χ4v) is 3.32. The maximum atomic E-state index is 12.2. The van der Waals surface area contributed by atoms with Gasteiger partial charge < -0.3 is 15.5 Å². The van der Waals surface area contributed by atoms with Gasteiger partial charge in [-0.15, -0.1) is 0 Å². The molecule has 0 heterocycles. The lowest BCUT2D eigenvalue weighted by Crippen LogP contribution is -2.38. The molecule has 1 fully saturated rings. The molecule has 1 aliphatic rings. The summed E-state index contributed by atoms with van der Waals surface area (Å²) >= 11 is 0. The standard InChI is InChI=1S/C21H34N2O5/c1-3-4-6-9-16(25)11-12-18-17(19(26)14-20(18)27)10-7-5-8-13-22-21(28)23-15(2)24/h5,7,11-12,16-18,20,25,27H,3-4,6,8-10,13-14H2,1-2H3,(H2,22,23,24,28)/b7-5-,12-11+/t16-,17+,18+,20+/m0/s1. The van der Waals surface area contributed by atoms with Gasteiger partial charge in [0.15, 0.2) is 0 Å². The van der Waals surface area contributed by atoms with E-state index in [9.17, 15) is 24.6 Å². The lowest BCUT2D eigenvalue weighted by molar-refractivity contribution is -0.121. The third kappa shape index (κ3) is 9.28.